The van der Waals surface area contributed by atoms with Crippen LogP contribution in [0.3, 0.4) is 0 Å². The Morgan fingerprint density at radius 2 is 2.28 bits per heavy atom. The molecular weight excluding hydrogens is 264 g/mol. The first-order valence-corrected chi connectivity index (χ1v) is 8.26. The molecule has 3 aliphatic heterocycles. The third-order valence-electron chi connectivity index (χ3n) is 4.61. The lowest BCUT2D eigenvalue weighted by Gasteiger charge is -2.36. The standard InChI is InChI=1S/C12H20N4S2/c1-6-2-3-7-8(4-6)18-11-9(7)10-14-15-12(17)16(10)5-13-11/h6,8,10-15,17H,2-5H2,1H3. The van der Waals surface area contributed by atoms with Crippen molar-refractivity contribution in [1.82, 2.24) is 21.1 Å². The zero-order valence-corrected chi connectivity index (χ0v) is 12.2. The van der Waals surface area contributed by atoms with Gasteiger partial charge in [-0.2, -0.15) is 0 Å². The summed E-state index contributed by atoms with van der Waals surface area (Å²) in [4.78, 5) is 2.35. The van der Waals surface area contributed by atoms with Crippen LogP contribution in [0.2, 0.25) is 0 Å². The third-order valence-corrected chi connectivity index (χ3v) is 6.54. The third kappa shape index (κ3) is 1.70. The molecule has 0 aromatic rings. The molecule has 5 unspecified atom stereocenters. The summed E-state index contributed by atoms with van der Waals surface area (Å²) in [6.45, 7) is 3.30. The van der Waals surface area contributed by atoms with Crippen LogP contribution in [0.5, 0.6) is 0 Å². The van der Waals surface area contributed by atoms with Gasteiger partial charge in [0.05, 0.1) is 12.0 Å². The van der Waals surface area contributed by atoms with Gasteiger partial charge in [-0.15, -0.1) is 24.4 Å². The van der Waals surface area contributed by atoms with Crippen LogP contribution < -0.4 is 16.2 Å². The van der Waals surface area contributed by atoms with Crippen molar-refractivity contribution in [1.29, 1.82) is 0 Å². The maximum Gasteiger partial charge on any atom is 0.120 e. The van der Waals surface area contributed by atoms with Gasteiger partial charge in [-0.1, -0.05) is 12.5 Å². The molecule has 5 atom stereocenters. The minimum atomic E-state index is 0.114. The van der Waals surface area contributed by atoms with E-state index >= 15 is 0 Å². The molecule has 100 valence electrons. The summed E-state index contributed by atoms with van der Waals surface area (Å²) in [6, 6.07) is 0. The normalized spacial score (nSPS) is 48.0. The molecular formula is C12H20N4S2. The van der Waals surface area contributed by atoms with Gasteiger partial charge in [0.2, 0.25) is 0 Å². The van der Waals surface area contributed by atoms with E-state index in [1.165, 1.54) is 19.3 Å². The largest absolute Gasteiger partial charge is 0.289 e. The predicted molar refractivity (Wildman–Crippen MR) is 77.9 cm³/mol. The molecule has 3 heterocycles. The summed E-state index contributed by atoms with van der Waals surface area (Å²) >= 11 is 6.69. The maximum atomic E-state index is 4.56. The number of thiol groups is 1. The molecule has 1 saturated carbocycles. The van der Waals surface area contributed by atoms with E-state index in [0.717, 1.165) is 17.8 Å². The number of hydrogen-bond donors (Lipinski definition) is 4. The Morgan fingerprint density at radius 3 is 3.17 bits per heavy atom. The first kappa shape index (κ1) is 12.1. The Labute approximate surface area is 118 Å². The smallest absolute Gasteiger partial charge is 0.120 e. The van der Waals surface area contributed by atoms with Crippen LogP contribution in [0, 0.1) is 5.92 Å². The van der Waals surface area contributed by atoms with E-state index in [1.807, 2.05) is 0 Å². The van der Waals surface area contributed by atoms with E-state index in [1.54, 1.807) is 11.1 Å². The fourth-order valence-electron chi connectivity index (χ4n) is 3.62. The van der Waals surface area contributed by atoms with Gasteiger partial charge in [-0.25, -0.2) is 15.8 Å². The Hall–Kier alpha value is 0.280. The molecule has 18 heavy (non-hydrogen) atoms. The molecule has 4 rings (SSSR count). The molecule has 6 heteroatoms. The quantitative estimate of drug-likeness (QED) is 0.395. The summed E-state index contributed by atoms with van der Waals surface area (Å²) in [5.74, 6) is 0.885. The van der Waals surface area contributed by atoms with E-state index < -0.39 is 0 Å². The topological polar surface area (TPSA) is 39.3 Å². The van der Waals surface area contributed by atoms with Gasteiger partial charge in [0.1, 0.15) is 11.7 Å². The van der Waals surface area contributed by atoms with Gasteiger partial charge in [0, 0.05) is 5.25 Å². The van der Waals surface area contributed by atoms with Crippen LogP contribution in [0.4, 0.5) is 0 Å². The molecule has 0 spiro atoms. The van der Waals surface area contributed by atoms with Gasteiger partial charge >= 0.3 is 0 Å². The van der Waals surface area contributed by atoms with Crippen molar-refractivity contribution in [3.05, 3.63) is 11.1 Å². The van der Waals surface area contributed by atoms with Crippen molar-refractivity contribution in [2.45, 2.75) is 48.5 Å². The van der Waals surface area contributed by atoms with Crippen LogP contribution in [0.15, 0.2) is 11.1 Å². The number of nitrogens with zero attached hydrogens (tertiary/aromatic N) is 1. The van der Waals surface area contributed by atoms with Crippen molar-refractivity contribution in [3.8, 4) is 0 Å². The molecule has 0 bridgehead atoms. The fraction of sp³-hybridized carbons (Fsp3) is 0.833. The Kier molecular flexibility index (Phi) is 2.94. The second-order valence-corrected chi connectivity index (χ2v) is 7.61. The van der Waals surface area contributed by atoms with Crippen molar-refractivity contribution in [3.63, 3.8) is 0 Å². The average molecular weight is 284 g/mol. The van der Waals surface area contributed by atoms with Crippen LogP contribution in [0.1, 0.15) is 26.2 Å². The lowest BCUT2D eigenvalue weighted by molar-refractivity contribution is 0.201. The molecule has 0 aromatic heterocycles. The van der Waals surface area contributed by atoms with Crippen molar-refractivity contribution in [2.24, 2.45) is 5.92 Å². The van der Waals surface area contributed by atoms with Crippen LogP contribution in [0.25, 0.3) is 0 Å². The highest BCUT2D eigenvalue weighted by Crippen LogP contribution is 2.49. The predicted octanol–water partition coefficient (Wildman–Crippen LogP) is 1.05. The molecule has 0 amide bonds. The van der Waals surface area contributed by atoms with Crippen molar-refractivity contribution in [2.75, 3.05) is 6.67 Å². The Bertz CT molecular complexity index is 400. The van der Waals surface area contributed by atoms with Crippen LogP contribution in [-0.4, -0.2) is 33.9 Å². The summed E-state index contributed by atoms with van der Waals surface area (Å²) < 4.78 is 0. The van der Waals surface area contributed by atoms with Gasteiger partial charge in [0.15, 0.2) is 0 Å². The summed E-state index contributed by atoms with van der Waals surface area (Å²) in [5, 5.41) is 4.93. The minimum absolute atomic E-state index is 0.114. The van der Waals surface area contributed by atoms with Crippen LogP contribution in [-0.2, 0) is 0 Å². The van der Waals surface area contributed by atoms with Crippen molar-refractivity contribution < 1.29 is 0 Å². The fourth-order valence-corrected chi connectivity index (χ4v) is 5.70. The highest BCUT2D eigenvalue weighted by atomic mass is 32.2. The van der Waals surface area contributed by atoms with Crippen LogP contribution >= 0.6 is 24.4 Å². The second kappa shape index (κ2) is 4.40. The molecule has 0 radical (unpaired) electrons. The Morgan fingerprint density at radius 1 is 1.39 bits per heavy atom. The van der Waals surface area contributed by atoms with Gasteiger partial charge in [-0.05, 0) is 30.8 Å². The lowest BCUT2D eigenvalue weighted by atomic mass is 9.83. The van der Waals surface area contributed by atoms with Crippen molar-refractivity contribution >= 4 is 24.4 Å². The molecule has 4 nitrogen and oxygen atoms in total. The number of rotatable bonds is 0. The lowest BCUT2D eigenvalue weighted by Crippen LogP contribution is -2.54. The van der Waals surface area contributed by atoms with Gasteiger partial charge in [0.25, 0.3) is 0 Å². The van der Waals surface area contributed by atoms with E-state index in [0.29, 0.717) is 11.5 Å². The number of nitrogens with one attached hydrogen (secondary N) is 3. The summed E-state index contributed by atoms with van der Waals surface area (Å²) in [6.07, 6.45) is 4.34. The van der Waals surface area contributed by atoms with E-state index in [9.17, 15) is 0 Å². The molecule has 4 aliphatic rings. The number of hydrazine groups is 1. The molecule has 0 aromatic carbocycles. The second-order valence-electron chi connectivity index (χ2n) is 5.81. The monoisotopic (exact) mass is 284 g/mol. The first-order chi connectivity index (χ1) is 8.74. The van der Waals surface area contributed by atoms with E-state index in [2.05, 4.69) is 52.4 Å². The summed E-state index contributed by atoms with van der Waals surface area (Å²) in [5.41, 5.74) is 10.1. The van der Waals surface area contributed by atoms with E-state index in [4.69, 9.17) is 0 Å². The Balaban J connectivity index is 1.68. The first-order valence-electron chi connectivity index (χ1n) is 6.80. The SMILES string of the molecule is CC1CCC2=C3C(NCN4C(S)NNC34)SC2C1. The number of thioether (sulfide) groups is 1. The number of hydrogen-bond acceptors (Lipinski definition) is 6. The minimum Gasteiger partial charge on any atom is -0.289 e. The number of fused-ring (bicyclic) bond motifs is 4. The summed E-state index contributed by atoms with van der Waals surface area (Å²) in [7, 11) is 0. The molecule has 3 N–H and O–H groups in total. The molecule has 1 aliphatic carbocycles. The zero-order chi connectivity index (χ0) is 12.3. The average Bonchev–Trinajstić information content (AvgIpc) is 2.89. The highest BCUT2D eigenvalue weighted by molar-refractivity contribution is 8.01. The zero-order valence-electron chi connectivity index (χ0n) is 10.5. The molecule has 2 saturated heterocycles. The van der Waals surface area contributed by atoms with E-state index in [-0.39, 0.29) is 5.50 Å². The molecule has 3 fully saturated rings. The maximum absolute atomic E-state index is 4.56. The van der Waals surface area contributed by atoms with Gasteiger partial charge < -0.3 is 0 Å². The van der Waals surface area contributed by atoms with Gasteiger partial charge in [-0.3, -0.25) is 5.32 Å². The highest BCUT2D eigenvalue weighted by Gasteiger charge is 2.47.